The first kappa shape index (κ1) is 93.1. The van der Waals surface area contributed by atoms with Gasteiger partial charge in [-0.25, -0.2) is 9.13 Å². The smallest absolute Gasteiger partial charge is 0.462 e. The summed E-state index contributed by atoms with van der Waals surface area (Å²) in [6, 6.07) is 0. The fourth-order valence-corrected chi connectivity index (χ4v) is 13.1. The lowest BCUT2D eigenvalue weighted by molar-refractivity contribution is -0.161. The lowest BCUT2D eigenvalue weighted by Gasteiger charge is -2.21. The molecule has 0 aliphatic carbocycles. The molecule has 0 fully saturated rings. The van der Waals surface area contributed by atoms with E-state index in [1.54, 1.807) is 0 Å². The molecule has 0 saturated heterocycles. The van der Waals surface area contributed by atoms with Gasteiger partial charge < -0.3 is 33.8 Å². The molecule has 3 N–H and O–H groups in total. The lowest BCUT2D eigenvalue weighted by Crippen LogP contribution is -2.30. The van der Waals surface area contributed by atoms with E-state index in [0.717, 1.165) is 108 Å². The molecule has 0 spiro atoms. The van der Waals surface area contributed by atoms with Crippen LogP contribution in [0.2, 0.25) is 0 Å². The zero-order valence-corrected chi connectivity index (χ0v) is 64.1. The molecule has 19 heteroatoms. The Balaban J connectivity index is 5.22. The van der Waals surface area contributed by atoms with Crippen LogP contribution < -0.4 is 0 Å². The Bertz CT molecular complexity index is 1870. The Morgan fingerprint density at radius 2 is 0.442 bits per heavy atom. The van der Waals surface area contributed by atoms with Crippen LogP contribution in [0.5, 0.6) is 0 Å². The number of unbranched alkanes of at least 4 members (excludes halogenated alkanes) is 39. The van der Waals surface area contributed by atoms with E-state index >= 15 is 0 Å². The standard InChI is InChI=1S/C76H148O17P2/c1-66(2)52-44-36-28-22-18-14-10-9-11-16-20-24-32-40-48-56-73(78)86-62-71(92-75(80)58-50-42-33-25-21-17-13-12-15-19-23-29-37-45-53-67(3)4)64-90-94(82,83)88-60-70(77)61-89-95(84,85)91-65-72(93-76(81)59-51-43-35-27-31-39-47-55-69(7)8)63-87-74(79)57-49-41-34-26-30-38-46-54-68(5)6/h66-72,77H,9-65H2,1-8H3,(H,82,83)(H,84,85)/t70?,71-,72-/m1/s1. The van der Waals surface area contributed by atoms with Gasteiger partial charge in [-0.3, -0.25) is 37.3 Å². The normalized spacial score (nSPS) is 14.1. The van der Waals surface area contributed by atoms with Crippen molar-refractivity contribution in [3.8, 4) is 0 Å². The van der Waals surface area contributed by atoms with E-state index in [9.17, 15) is 43.2 Å². The third-order valence-electron chi connectivity index (χ3n) is 17.6. The number of ether oxygens (including phenoxy) is 4. The predicted octanol–water partition coefficient (Wildman–Crippen LogP) is 22.0. The fourth-order valence-electron chi connectivity index (χ4n) is 11.6. The van der Waals surface area contributed by atoms with Crippen LogP contribution in [0.4, 0.5) is 0 Å². The Hall–Kier alpha value is -1.94. The summed E-state index contributed by atoms with van der Waals surface area (Å²) in [5, 5.41) is 10.6. The van der Waals surface area contributed by atoms with Crippen molar-refractivity contribution in [1.29, 1.82) is 0 Å². The minimum Gasteiger partial charge on any atom is -0.462 e. The highest BCUT2D eigenvalue weighted by Gasteiger charge is 2.30. The van der Waals surface area contributed by atoms with Gasteiger partial charge in [0.2, 0.25) is 0 Å². The number of carbonyl (C=O) groups is 4. The van der Waals surface area contributed by atoms with Crippen LogP contribution in [0.15, 0.2) is 0 Å². The first-order valence-corrected chi connectivity index (χ1v) is 42.2. The first-order chi connectivity index (χ1) is 45.6. The Labute approximate surface area is 581 Å². The quantitative estimate of drug-likeness (QED) is 0.0222. The second-order valence-electron chi connectivity index (χ2n) is 29.3. The third kappa shape index (κ3) is 70.3. The number of aliphatic hydroxyl groups excluding tert-OH is 1. The van der Waals surface area contributed by atoms with E-state index in [4.69, 9.17) is 37.0 Å². The van der Waals surface area contributed by atoms with Gasteiger partial charge in [0.25, 0.3) is 0 Å². The average molecular weight is 1400 g/mol. The molecule has 3 unspecified atom stereocenters. The molecule has 0 aliphatic rings. The summed E-state index contributed by atoms with van der Waals surface area (Å²) in [4.78, 5) is 72.7. The fraction of sp³-hybridized carbons (Fsp3) is 0.947. The monoisotopic (exact) mass is 1400 g/mol. The number of aliphatic hydroxyl groups is 1. The van der Waals surface area contributed by atoms with E-state index in [2.05, 4.69) is 55.4 Å². The highest BCUT2D eigenvalue weighted by Crippen LogP contribution is 2.45. The highest BCUT2D eigenvalue weighted by atomic mass is 31.2. The molecule has 0 saturated carbocycles. The number of esters is 4. The van der Waals surface area contributed by atoms with Gasteiger partial charge in [0.1, 0.15) is 19.3 Å². The van der Waals surface area contributed by atoms with Crippen molar-refractivity contribution in [3.63, 3.8) is 0 Å². The molecule has 0 aromatic rings. The van der Waals surface area contributed by atoms with E-state index in [1.807, 2.05) is 0 Å². The minimum atomic E-state index is -4.96. The molecule has 17 nitrogen and oxygen atoms in total. The molecule has 0 aliphatic heterocycles. The van der Waals surface area contributed by atoms with Gasteiger partial charge in [-0.05, 0) is 49.4 Å². The average Bonchev–Trinajstić information content (AvgIpc) is 1.18. The van der Waals surface area contributed by atoms with Gasteiger partial charge in [-0.2, -0.15) is 0 Å². The third-order valence-corrected chi connectivity index (χ3v) is 19.5. The maximum Gasteiger partial charge on any atom is 0.472 e. The SMILES string of the molecule is CC(C)CCCCCCCCCCCCCCCCCC(=O)OC[C@H](COP(=O)(O)OCC(O)COP(=O)(O)OC[C@@H](COC(=O)CCCCCCCCCC(C)C)OC(=O)CCCCCCCCCC(C)C)OC(=O)CCCCCCCCCCCCCCCCC(C)C. The van der Waals surface area contributed by atoms with Crippen molar-refractivity contribution < 1.29 is 80.2 Å². The summed E-state index contributed by atoms with van der Waals surface area (Å²) in [6.07, 6.45) is 50.2. The molecular weight excluding hydrogens is 1250 g/mol. The van der Waals surface area contributed by atoms with E-state index < -0.39 is 97.5 Å². The van der Waals surface area contributed by atoms with Crippen LogP contribution in [0.1, 0.15) is 383 Å². The van der Waals surface area contributed by atoms with E-state index in [1.165, 1.54) is 180 Å². The summed E-state index contributed by atoms with van der Waals surface area (Å²) in [6.45, 7) is 14.1. The molecule has 0 bridgehead atoms. The van der Waals surface area contributed by atoms with E-state index in [-0.39, 0.29) is 25.7 Å². The highest BCUT2D eigenvalue weighted by molar-refractivity contribution is 7.47. The number of hydrogen-bond acceptors (Lipinski definition) is 15. The first-order valence-electron chi connectivity index (χ1n) is 39.2. The molecule has 564 valence electrons. The number of phosphoric acid groups is 2. The Kier molecular flexibility index (Phi) is 64.0. The van der Waals surface area contributed by atoms with Gasteiger partial charge >= 0.3 is 39.5 Å². The van der Waals surface area contributed by atoms with Crippen molar-refractivity contribution in [3.05, 3.63) is 0 Å². The molecule has 0 heterocycles. The van der Waals surface area contributed by atoms with Gasteiger partial charge in [0.15, 0.2) is 12.2 Å². The van der Waals surface area contributed by atoms with Crippen LogP contribution in [-0.2, 0) is 65.4 Å². The molecule has 0 amide bonds. The summed E-state index contributed by atoms with van der Waals surface area (Å²) >= 11 is 0. The van der Waals surface area contributed by atoms with Crippen LogP contribution in [-0.4, -0.2) is 96.7 Å². The van der Waals surface area contributed by atoms with Gasteiger partial charge in [0, 0.05) is 25.7 Å². The van der Waals surface area contributed by atoms with Gasteiger partial charge in [-0.15, -0.1) is 0 Å². The second-order valence-corrected chi connectivity index (χ2v) is 32.2. The topological polar surface area (TPSA) is 237 Å². The molecule has 0 rings (SSSR count). The summed E-state index contributed by atoms with van der Waals surface area (Å²) in [5.74, 6) is 0.878. The second kappa shape index (κ2) is 65.4. The summed E-state index contributed by atoms with van der Waals surface area (Å²) in [7, 11) is -9.91. The van der Waals surface area contributed by atoms with Crippen molar-refractivity contribution >= 4 is 39.5 Å². The van der Waals surface area contributed by atoms with Crippen molar-refractivity contribution in [2.75, 3.05) is 39.6 Å². The Morgan fingerprint density at radius 1 is 0.263 bits per heavy atom. The van der Waals surface area contributed by atoms with Crippen molar-refractivity contribution in [2.24, 2.45) is 23.7 Å². The maximum absolute atomic E-state index is 13.1. The van der Waals surface area contributed by atoms with Crippen molar-refractivity contribution in [1.82, 2.24) is 0 Å². The van der Waals surface area contributed by atoms with Crippen LogP contribution in [0.25, 0.3) is 0 Å². The zero-order chi connectivity index (χ0) is 70.3. The van der Waals surface area contributed by atoms with E-state index in [0.29, 0.717) is 37.5 Å². The summed E-state index contributed by atoms with van der Waals surface area (Å²) in [5.41, 5.74) is 0. The maximum atomic E-state index is 13.1. The molecular formula is C76H148O17P2. The molecule has 0 aromatic heterocycles. The van der Waals surface area contributed by atoms with Gasteiger partial charge in [0.05, 0.1) is 26.4 Å². The summed E-state index contributed by atoms with van der Waals surface area (Å²) < 4.78 is 68.5. The van der Waals surface area contributed by atoms with Gasteiger partial charge in [-0.1, -0.05) is 331 Å². The lowest BCUT2D eigenvalue weighted by atomic mass is 10.0. The molecule has 0 radical (unpaired) electrons. The molecule has 95 heavy (non-hydrogen) atoms. The predicted molar refractivity (Wildman–Crippen MR) is 386 cm³/mol. The van der Waals surface area contributed by atoms with Crippen molar-refractivity contribution in [2.45, 2.75) is 401 Å². The largest absolute Gasteiger partial charge is 0.472 e. The molecule has 5 atom stereocenters. The van der Waals surface area contributed by atoms with Crippen LogP contribution in [0, 0.1) is 23.7 Å². The number of hydrogen-bond donors (Lipinski definition) is 3. The zero-order valence-electron chi connectivity index (χ0n) is 62.3. The Morgan fingerprint density at radius 3 is 0.653 bits per heavy atom. The minimum absolute atomic E-state index is 0.102. The number of carbonyl (C=O) groups excluding carboxylic acids is 4. The van der Waals surface area contributed by atoms with Crippen LogP contribution >= 0.6 is 15.6 Å². The number of phosphoric ester groups is 2. The molecule has 0 aromatic carbocycles. The number of rotatable bonds is 73. The van der Waals surface area contributed by atoms with Crippen LogP contribution in [0.3, 0.4) is 0 Å².